The van der Waals surface area contributed by atoms with Crippen molar-refractivity contribution >= 4 is 5.97 Å². The average molecular weight is 282 g/mol. The summed E-state index contributed by atoms with van der Waals surface area (Å²) in [5, 5.41) is 4.02. The van der Waals surface area contributed by atoms with E-state index in [1.165, 1.54) is 0 Å². The molecule has 0 radical (unpaired) electrons. The zero-order chi connectivity index (χ0) is 14.7. The number of carbonyl (C=O) groups excluding carboxylic acids is 1. The summed E-state index contributed by atoms with van der Waals surface area (Å²) in [6.45, 7) is 0.218. The molecular formula is C15H14N4O2. The number of hydrogen-bond acceptors (Lipinski definition) is 4. The fraction of sp³-hybridized carbons (Fsp3) is 0.133. The van der Waals surface area contributed by atoms with E-state index in [9.17, 15) is 4.79 Å². The highest BCUT2D eigenvalue weighted by molar-refractivity contribution is 5.89. The van der Waals surface area contributed by atoms with Crippen LogP contribution >= 0.6 is 0 Å². The number of nitrogens with zero attached hydrogens (tertiary/aromatic N) is 4. The fourth-order valence-corrected chi connectivity index (χ4v) is 1.96. The molecule has 3 rings (SSSR count). The third kappa shape index (κ3) is 3.00. The molecule has 1 aromatic carbocycles. The standard InChI is InChI=1S/C15H14N4O2/c1-18-9-12(8-17-18)10-21-15(20)13-2-4-14(5-3-13)19-7-6-16-11-19/h2-9,11H,10H2,1H3. The van der Waals surface area contributed by atoms with Gasteiger partial charge in [-0.25, -0.2) is 9.78 Å². The SMILES string of the molecule is Cn1cc(COC(=O)c2ccc(-n3ccnc3)cc2)cn1. The summed E-state index contributed by atoms with van der Waals surface area (Å²) in [7, 11) is 1.82. The van der Waals surface area contributed by atoms with Crippen molar-refractivity contribution in [3.05, 3.63) is 66.5 Å². The van der Waals surface area contributed by atoms with Crippen molar-refractivity contribution < 1.29 is 9.53 Å². The molecule has 0 saturated heterocycles. The maximum atomic E-state index is 12.0. The highest BCUT2D eigenvalue weighted by Crippen LogP contribution is 2.11. The Morgan fingerprint density at radius 3 is 2.71 bits per heavy atom. The van der Waals surface area contributed by atoms with Crippen LogP contribution in [-0.2, 0) is 18.4 Å². The van der Waals surface area contributed by atoms with E-state index < -0.39 is 0 Å². The number of carbonyl (C=O) groups is 1. The van der Waals surface area contributed by atoms with Gasteiger partial charge in [0.1, 0.15) is 6.61 Å². The highest BCUT2D eigenvalue weighted by Gasteiger charge is 2.08. The molecule has 3 aromatic rings. The van der Waals surface area contributed by atoms with Crippen LogP contribution in [0.15, 0.2) is 55.4 Å². The molecule has 6 heteroatoms. The lowest BCUT2D eigenvalue weighted by atomic mass is 10.2. The van der Waals surface area contributed by atoms with Crippen LogP contribution < -0.4 is 0 Å². The summed E-state index contributed by atoms with van der Waals surface area (Å²) in [6, 6.07) is 7.17. The molecule has 0 fully saturated rings. The predicted octanol–water partition coefficient (Wildman–Crippen LogP) is 1.96. The van der Waals surface area contributed by atoms with Crippen LogP contribution in [0.2, 0.25) is 0 Å². The largest absolute Gasteiger partial charge is 0.457 e. The van der Waals surface area contributed by atoms with Crippen molar-refractivity contribution in [1.29, 1.82) is 0 Å². The quantitative estimate of drug-likeness (QED) is 0.686. The maximum absolute atomic E-state index is 12.0. The Hall–Kier alpha value is -2.89. The maximum Gasteiger partial charge on any atom is 0.338 e. The van der Waals surface area contributed by atoms with Gasteiger partial charge in [-0.1, -0.05) is 0 Å². The van der Waals surface area contributed by atoms with Gasteiger partial charge in [0.15, 0.2) is 0 Å². The van der Waals surface area contributed by atoms with Crippen LogP contribution in [0, 0.1) is 0 Å². The van der Waals surface area contributed by atoms with E-state index in [4.69, 9.17) is 4.74 Å². The molecule has 0 aliphatic heterocycles. The topological polar surface area (TPSA) is 61.9 Å². The second-order valence-corrected chi connectivity index (χ2v) is 4.62. The van der Waals surface area contributed by atoms with E-state index in [0.29, 0.717) is 5.56 Å². The van der Waals surface area contributed by atoms with Crippen LogP contribution in [-0.4, -0.2) is 25.3 Å². The summed E-state index contributed by atoms with van der Waals surface area (Å²) < 4.78 is 8.78. The molecule has 6 nitrogen and oxygen atoms in total. The van der Waals surface area contributed by atoms with Crippen molar-refractivity contribution in [3.8, 4) is 5.69 Å². The number of aryl methyl sites for hydroxylation is 1. The van der Waals surface area contributed by atoms with Gasteiger partial charge in [0.25, 0.3) is 0 Å². The summed E-state index contributed by atoms with van der Waals surface area (Å²) in [6.07, 6.45) is 8.74. The minimum atomic E-state index is -0.351. The second kappa shape index (κ2) is 5.62. The molecule has 2 heterocycles. The van der Waals surface area contributed by atoms with Gasteiger partial charge in [-0.15, -0.1) is 0 Å². The second-order valence-electron chi connectivity index (χ2n) is 4.62. The number of rotatable bonds is 4. The minimum Gasteiger partial charge on any atom is -0.457 e. The van der Waals surface area contributed by atoms with Gasteiger partial charge in [-0.2, -0.15) is 5.10 Å². The molecule has 0 amide bonds. The summed E-state index contributed by atoms with van der Waals surface area (Å²) in [4.78, 5) is 15.9. The van der Waals surface area contributed by atoms with Gasteiger partial charge in [0, 0.05) is 36.9 Å². The first kappa shape index (κ1) is 13.1. The monoisotopic (exact) mass is 282 g/mol. The molecule has 0 aliphatic rings. The molecule has 21 heavy (non-hydrogen) atoms. The van der Waals surface area contributed by atoms with E-state index in [0.717, 1.165) is 11.3 Å². The minimum absolute atomic E-state index is 0.218. The van der Waals surface area contributed by atoms with Crippen LogP contribution in [0.3, 0.4) is 0 Å². The van der Waals surface area contributed by atoms with E-state index in [1.54, 1.807) is 35.5 Å². The smallest absolute Gasteiger partial charge is 0.338 e. The fourth-order valence-electron chi connectivity index (χ4n) is 1.96. The molecule has 0 spiro atoms. The third-order valence-electron chi connectivity index (χ3n) is 3.03. The lowest BCUT2D eigenvalue weighted by Gasteiger charge is -2.05. The molecule has 0 bridgehead atoms. The van der Waals surface area contributed by atoms with Gasteiger partial charge >= 0.3 is 5.97 Å². The number of benzene rings is 1. The Bertz CT molecular complexity index is 729. The molecule has 0 saturated carbocycles. The number of hydrogen-bond donors (Lipinski definition) is 0. The van der Waals surface area contributed by atoms with Crippen molar-refractivity contribution in [3.63, 3.8) is 0 Å². The molecule has 0 N–H and O–H groups in total. The normalized spacial score (nSPS) is 10.5. The first-order valence-corrected chi connectivity index (χ1v) is 6.45. The number of esters is 1. The Kier molecular flexibility index (Phi) is 3.51. The van der Waals surface area contributed by atoms with Crippen LogP contribution in [0.4, 0.5) is 0 Å². The van der Waals surface area contributed by atoms with E-state index >= 15 is 0 Å². The number of imidazole rings is 1. The lowest BCUT2D eigenvalue weighted by molar-refractivity contribution is 0.0472. The van der Waals surface area contributed by atoms with E-state index in [1.807, 2.05) is 36.1 Å². The highest BCUT2D eigenvalue weighted by atomic mass is 16.5. The van der Waals surface area contributed by atoms with Crippen LogP contribution in [0.1, 0.15) is 15.9 Å². The molecule has 0 aliphatic carbocycles. The van der Waals surface area contributed by atoms with Gasteiger partial charge < -0.3 is 9.30 Å². The number of aromatic nitrogens is 4. The molecular weight excluding hydrogens is 268 g/mol. The zero-order valence-electron chi connectivity index (χ0n) is 11.5. The Morgan fingerprint density at radius 2 is 2.10 bits per heavy atom. The van der Waals surface area contributed by atoms with Gasteiger partial charge in [-0.3, -0.25) is 4.68 Å². The summed E-state index contributed by atoms with van der Waals surface area (Å²) in [5.41, 5.74) is 2.32. The first-order valence-electron chi connectivity index (χ1n) is 6.45. The van der Waals surface area contributed by atoms with Crippen molar-refractivity contribution in [2.75, 3.05) is 0 Å². The number of ether oxygens (including phenoxy) is 1. The molecule has 0 atom stereocenters. The lowest BCUT2D eigenvalue weighted by Crippen LogP contribution is -2.05. The van der Waals surface area contributed by atoms with Gasteiger partial charge in [-0.05, 0) is 24.3 Å². The Balaban J connectivity index is 1.65. The molecule has 106 valence electrons. The van der Waals surface area contributed by atoms with Crippen molar-refractivity contribution in [2.45, 2.75) is 6.61 Å². The van der Waals surface area contributed by atoms with Gasteiger partial charge in [0.2, 0.25) is 0 Å². The molecule has 2 aromatic heterocycles. The van der Waals surface area contributed by atoms with Crippen molar-refractivity contribution in [2.24, 2.45) is 7.05 Å². The Labute approximate surface area is 121 Å². The summed E-state index contributed by atoms with van der Waals surface area (Å²) in [5.74, 6) is -0.351. The Morgan fingerprint density at radius 1 is 1.29 bits per heavy atom. The molecule has 0 unspecified atom stereocenters. The van der Waals surface area contributed by atoms with Crippen LogP contribution in [0.5, 0.6) is 0 Å². The first-order chi connectivity index (χ1) is 10.2. The van der Waals surface area contributed by atoms with E-state index in [-0.39, 0.29) is 12.6 Å². The van der Waals surface area contributed by atoms with Crippen molar-refractivity contribution in [1.82, 2.24) is 19.3 Å². The predicted molar refractivity (Wildman–Crippen MR) is 75.9 cm³/mol. The average Bonchev–Trinajstić information content (AvgIpc) is 3.16. The van der Waals surface area contributed by atoms with Gasteiger partial charge in [0.05, 0.1) is 18.1 Å². The summed E-state index contributed by atoms with van der Waals surface area (Å²) >= 11 is 0. The van der Waals surface area contributed by atoms with E-state index in [2.05, 4.69) is 10.1 Å². The van der Waals surface area contributed by atoms with Crippen LogP contribution in [0.25, 0.3) is 5.69 Å². The zero-order valence-corrected chi connectivity index (χ0v) is 11.5. The third-order valence-corrected chi connectivity index (χ3v) is 3.03.